The maximum Gasteiger partial charge on any atom is 0.221 e. The van der Waals surface area contributed by atoms with Gasteiger partial charge in [0.25, 0.3) is 0 Å². The van der Waals surface area contributed by atoms with Crippen LogP contribution in [0.1, 0.15) is 17.5 Å². The van der Waals surface area contributed by atoms with Gasteiger partial charge in [-0.1, -0.05) is 42.5 Å². The summed E-state index contributed by atoms with van der Waals surface area (Å²) in [5.74, 6) is 0.952. The first-order valence-corrected chi connectivity index (χ1v) is 7.17. The number of hydrogen-bond donors (Lipinski definition) is 1. The molecule has 0 saturated carbocycles. The van der Waals surface area contributed by atoms with Gasteiger partial charge in [0.1, 0.15) is 5.75 Å². The van der Waals surface area contributed by atoms with E-state index in [0.717, 1.165) is 17.7 Å². The minimum absolute atomic E-state index is 0.119. The molecule has 3 nitrogen and oxygen atoms in total. The molecule has 1 unspecified atom stereocenters. The summed E-state index contributed by atoms with van der Waals surface area (Å²) in [6, 6.07) is 18.4. The van der Waals surface area contributed by atoms with Crippen LogP contribution in [0.5, 0.6) is 5.75 Å². The predicted octanol–water partition coefficient (Wildman–Crippen LogP) is 2.70. The molecule has 1 amide bonds. The first-order chi connectivity index (χ1) is 10.2. The lowest BCUT2D eigenvalue weighted by molar-refractivity contribution is -0.119. The molecule has 0 spiro atoms. The highest BCUT2D eigenvalue weighted by atomic mass is 16.5. The maximum absolute atomic E-state index is 11.8. The van der Waals surface area contributed by atoms with Gasteiger partial charge in [-0.25, -0.2) is 0 Å². The Morgan fingerprint density at radius 3 is 2.62 bits per heavy atom. The van der Waals surface area contributed by atoms with E-state index in [1.165, 1.54) is 5.56 Å². The van der Waals surface area contributed by atoms with Gasteiger partial charge in [-0.3, -0.25) is 4.79 Å². The van der Waals surface area contributed by atoms with Gasteiger partial charge in [-0.15, -0.1) is 0 Å². The standard InChI is InChI=1S/C18H19NO2/c1-21-16-9-5-8-15(10-16)18(12-17(20)19-13-18)11-14-6-3-2-4-7-14/h2-10H,11-13H2,1H3,(H,19,20). The summed E-state index contributed by atoms with van der Waals surface area (Å²) in [5.41, 5.74) is 2.22. The zero-order chi connectivity index (χ0) is 14.7. The van der Waals surface area contributed by atoms with Crippen LogP contribution >= 0.6 is 0 Å². The molecule has 1 saturated heterocycles. The molecule has 0 bridgehead atoms. The van der Waals surface area contributed by atoms with Crippen molar-refractivity contribution in [2.24, 2.45) is 0 Å². The average Bonchev–Trinajstić information content (AvgIpc) is 2.90. The Morgan fingerprint density at radius 1 is 1.14 bits per heavy atom. The fourth-order valence-electron chi connectivity index (χ4n) is 3.07. The molecular weight excluding hydrogens is 262 g/mol. The summed E-state index contributed by atoms with van der Waals surface area (Å²) in [7, 11) is 1.67. The molecule has 1 fully saturated rings. The number of amides is 1. The van der Waals surface area contributed by atoms with Crippen molar-refractivity contribution in [1.82, 2.24) is 5.32 Å². The Bertz CT molecular complexity index is 639. The smallest absolute Gasteiger partial charge is 0.221 e. The summed E-state index contributed by atoms with van der Waals surface area (Å²) in [5, 5.41) is 2.99. The van der Waals surface area contributed by atoms with E-state index in [-0.39, 0.29) is 11.3 Å². The van der Waals surface area contributed by atoms with E-state index in [1.807, 2.05) is 36.4 Å². The summed E-state index contributed by atoms with van der Waals surface area (Å²) in [6.07, 6.45) is 1.37. The fourth-order valence-corrected chi connectivity index (χ4v) is 3.07. The monoisotopic (exact) mass is 281 g/mol. The SMILES string of the molecule is COc1cccc(C2(Cc3ccccc3)CNC(=O)C2)c1. The van der Waals surface area contributed by atoms with Crippen molar-refractivity contribution < 1.29 is 9.53 Å². The molecule has 21 heavy (non-hydrogen) atoms. The molecule has 3 heteroatoms. The van der Waals surface area contributed by atoms with Gasteiger partial charge in [-0.05, 0) is 29.7 Å². The van der Waals surface area contributed by atoms with Gasteiger partial charge in [0.05, 0.1) is 7.11 Å². The normalized spacial score (nSPS) is 21.1. The number of nitrogens with one attached hydrogen (secondary N) is 1. The minimum atomic E-state index is -0.188. The van der Waals surface area contributed by atoms with E-state index in [2.05, 4.69) is 23.5 Å². The number of methoxy groups -OCH3 is 1. The van der Waals surface area contributed by atoms with Crippen molar-refractivity contribution in [3.63, 3.8) is 0 Å². The molecule has 108 valence electrons. The van der Waals surface area contributed by atoms with Gasteiger partial charge in [0, 0.05) is 18.4 Å². The van der Waals surface area contributed by atoms with Gasteiger partial charge in [0.15, 0.2) is 0 Å². The fraction of sp³-hybridized carbons (Fsp3) is 0.278. The molecule has 3 rings (SSSR count). The molecule has 2 aromatic carbocycles. The van der Waals surface area contributed by atoms with Crippen molar-refractivity contribution in [3.05, 3.63) is 65.7 Å². The van der Waals surface area contributed by atoms with Crippen LogP contribution in [0.2, 0.25) is 0 Å². The van der Waals surface area contributed by atoms with Gasteiger partial charge in [0.2, 0.25) is 5.91 Å². The van der Waals surface area contributed by atoms with Crippen LogP contribution < -0.4 is 10.1 Å². The predicted molar refractivity (Wildman–Crippen MR) is 82.4 cm³/mol. The van der Waals surface area contributed by atoms with E-state index in [0.29, 0.717) is 13.0 Å². The van der Waals surface area contributed by atoms with Crippen LogP contribution in [0.25, 0.3) is 0 Å². The van der Waals surface area contributed by atoms with Gasteiger partial charge < -0.3 is 10.1 Å². The van der Waals surface area contributed by atoms with Crippen LogP contribution in [0.15, 0.2) is 54.6 Å². The topological polar surface area (TPSA) is 38.3 Å². The third kappa shape index (κ3) is 2.77. The summed E-state index contributed by atoms with van der Waals surface area (Å²) >= 11 is 0. The summed E-state index contributed by atoms with van der Waals surface area (Å²) < 4.78 is 5.33. The molecule has 1 aliphatic rings. The van der Waals surface area contributed by atoms with Crippen LogP contribution in [0.3, 0.4) is 0 Å². The van der Waals surface area contributed by atoms with E-state index >= 15 is 0 Å². The maximum atomic E-state index is 11.8. The van der Waals surface area contributed by atoms with Crippen molar-refractivity contribution in [3.8, 4) is 5.75 Å². The second-order valence-corrected chi connectivity index (χ2v) is 5.63. The van der Waals surface area contributed by atoms with Gasteiger partial charge in [-0.2, -0.15) is 0 Å². The molecule has 0 aliphatic carbocycles. The first-order valence-electron chi connectivity index (χ1n) is 7.17. The largest absolute Gasteiger partial charge is 0.497 e. The Morgan fingerprint density at radius 2 is 1.95 bits per heavy atom. The molecule has 1 heterocycles. The van der Waals surface area contributed by atoms with Crippen molar-refractivity contribution in [2.45, 2.75) is 18.3 Å². The van der Waals surface area contributed by atoms with E-state index in [4.69, 9.17) is 4.74 Å². The molecule has 0 aromatic heterocycles. The van der Waals surface area contributed by atoms with Crippen molar-refractivity contribution >= 4 is 5.91 Å². The first kappa shape index (κ1) is 13.7. The van der Waals surface area contributed by atoms with Crippen LogP contribution in [-0.2, 0) is 16.6 Å². The molecule has 0 radical (unpaired) electrons. The number of rotatable bonds is 4. The number of benzene rings is 2. The van der Waals surface area contributed by atoms with Crippen molar-refractivity contribution in [2.75, 3.05) is 13.7 Å². The van der Waals surface area contributed by atoms with E-state index in [1.54, 1.807) is 7.11 Å². The summed E-state index contributed by atoms with van der Waals surface area (Å²) in [6.45, 7) is 0.674. The molecular formula is C18H19NO2. The highest BCUT2D eigenvalue weighted by Gasteiger charge is 2.40. The zero-order valence-corrected chi connectivity index (χ0v) is 12.1. The lowest BCUT2D eigenvalue weighted by Gasteiger charge is -2.28. The zero-order valence-electron chi connectivity index (χ0n) is 12.1. The number of ether oxygens (including phenoxy) is 1. The molecule has 2 aromatic rings. The molecule has 1 N–H and O–H groups in total. The number of carbonyl (C=O) groups excluding carboxylic acids is 1. The minimum Gasteiger partial charge on any atom is -0.497 e. The Balaban J connectivity index is 1.99. The highest BCUT2D eigenvalue weighted by molar-refractivity contribution is 5.81. The molecule has 1 atom stereocenters. The summed E-state index contributed by atoms with van der Waals surface area (Å²) in [4.78, 5) is 11.8. The highest BCUT2D eigenvalue weighted by Crippen LogP contribution is 2.36. The number of carbonyl (C=O) groups is 1. The quantitative estimate of drug-likeness (QED) is 0.935. The Labute approximate surface area is 124 Å². The average molecular weight is 281 g/mol. The van der Waals surface area contributed by atoms with Gasteiger partial charge >= 0.3 is 0 Å². The lowest BCUT2D eigenvalue weighted by Crippen LogP contribution is -2.31. The third-order valence-corrected chi connectivity index (χ3v) is 4.19. The second kappa shape index (κ2) is 5.60. The third-order valence-electron chi connectivity index (χ3n) is 4.19. The Kier molecular flexibility index (Phi) is 3.65. The second-order valence-electron chi connectivity index (χ2n) is 5.63. The van der Waals surface area contributed by atoms with Crippen LogP contribution in [-0.4, -0.2) is 19.6 Å². The van der Waals surface area contributed by atoms with Crippen LogP contribution in [0, 0.1) is 0 Å². The van der Waals surface area contributed by atoms with E-state index < -0.39 is 0 Å². The lowest BCUT2D eigenvalue weighted by atomic mass is 9.75. The number of hydrogen-bond acceptors (Lipinski definition) is 2. The Hall–Kier alpha value is -2.29. The molecule has 1 aliphatic heterocycles. The van der Waals surface area contributed by atoms with Crippen LogP contribution in [0.4, 0.5) is 0 Å². The van der Waals surface area contributed by atoms with Crippen molar-refractivity contribution in [1.29, 1.82) is 0 Å². The van der Waals surface area contributed by atoms with E-state index in [9.17, 15) is 4.79 Å².